The van der Waals surface area contributed by atoms with E-state index in [0.717, 1.165) is 23.9 Å². The van der Waals surface area contributed by atoms with Crippen LogP contribution in [0.5, 0.6) is 0 Å². The minimum Gasteiger partial charge on any atom is -0.378 e. The molecule has 1 aromatic carbocycles. The summed E-state index contributed by atoms with van der Waals surface area (Å²) in [5.41, 5.74) is 5.31. The molecule has 0 radical (unpaired) electrons. The van der Waals surface area contributed by atoms with Crippen molar-refractivity contribution >= 4 is 27.7 Å². The van der Waals surface area contributed by atoms with Crippen LogP contribution in [0.1, 0.15) is 36.0 Å². The zero-order valence-corrected chi connectivity index (χ0v) is 12.6. The van der Waals surface area contributed by atoms with E-state index in [1.165, 1.54) is 0 Å². The second-order valence-corrected chi connectivity index (χ2v) is 5.60. The van der Waals surface area contributed by atoms with Crippen LogP contribution in [0.4, 0.5) is 0 Å². The number of halogens is 1. The van der Waals surface area contributed by atoms with E-state index >= 15 is 0 Å². The van der Waals surface area contributed by atoms with Crippen LogP contribution in [0, 0.1) is 0 Å². The smallest absolute Gasteiger partial charge is 0.269 e. The van der Waals surface area contributed by atoms with Crippen molar-refractivity contribution < 1.29 is 14.3 Å². The highest BCUT2D eigenvalue weighted by atomic mass is 79.9. The Morgan fingerprint density at radius 3 is 2.65 bits per heavy atom. The molecule has 20 heavy (non-hydrogen) atoms. The summed E-state index contributed by atoms with van der Waals surface area (Å²) in [5, 5.41) is 0. The second-order valence-electron chi connectivity index (χ2n) is 4.68. The zero-order chi connectivity index (χ0) is 14.4. The lowest BCUT2D eigenvalue weighted by Gasteiger charge is -2.10. The predicted molar refractivity (Wildman–Crippen MR) is 78.0 cm³/mol. The third kappa shape index (κ3) is 4.61. The average Bonchev–Trinajstić information content (AvgIpc) is 2.96. The number of rotatable bonds is 4. The molecule has 5 nitrogen and oxygen atoms in total. The quantitative estimate of drug-likeness (QED) is 0.825. The van der Waals surface area contributed by atoms with E-state index < -0.39 is 0 Å². The van der Waals surface area contributed by atoms with Gasteiger partial charge in [0.1, 0.15) is 0 Å². The lowest BCUT2D eigenvalue weighted by atomic mass is 10.1. The molecule has 108 valence electrons. The third-order valence-electron chi connectivity index (χ3n) is 3.14. The van der Waals surface area contributed by atoms with Crippen molar-refractivity contribution in [2.45, 2.75) is 31.8 Å². The number of nitrogens with one attached hydrogen (secondary N) is 2. The fourth-order valence-electron chi connectivity index (χ4n) is 2.03. The highest BCUT2D eigenvalue weighted by Crippen LogP contribution is 2.16. The Labute approximate surface area is 126 Å². The summed E-state index contributed by atoms with van der Waals surface area (Å²) >= 11 is 3.30. The number of amides is 2. The predicted octanol–water partition coefficient (Wildman–Crippen LogP) is 2.17. The minimum atomic E-state index is -0.331. The van der Waals surface area contributed by atoms with E-state index in [4.69, 9.17) is 4.74 Å². The molecule has 1 atom stereocenters. The van der Waals surface area contributed by atoms with Crippen molar-refractivity contribution in [2.24, 2.45) is 0 Å². The van der Waals surface area contributed by atoms with Crippen molar-refractivity contribution in [2.75, 3.05) is 6.61 Å². The van der Waals surface area contributed by atoms with Gasteiger partial charge in [0, 0.05) is 23.1 Å². The van der Waals surface area contributed by atoms with Crippen molar-refractivity contribution in [1.82, 2.24) is 10.9 Å². The van der Waals surface area contributed by atoms with Gasteiger partial charge < -0.3 is 4.74 Å². The molecule has 1 aromatic rings. The Kier molecular flexibility index (Phi) is 5.55. The van der Waals surface area contributed by atoms with Gasteiger partial charge in [-0.05, 0) is 43.5 Å². The van der Waals surface area contributed by atoms with E-state index in [9.17, 15) is 9.59 Å². The molecule has 1 saturated heterocycles. The topological polar surface area (TPSA) is 67.4 Å². The maximum atomic E-state index is 11.8. The first-order chi connectivity index (χ1) is 9.65. The van der Waals surface area contributed by atoms with Gasteiger partial charge in [0.15, 0.2) is 0 Å². The van der Waals surface area contributed by atoms with Crippen LogP contribution in [0.25, 0.3) is 0 Å². The maximum Gasteiger partial charge on any atom is 0.269 e. The van der Waals surface area contributed by atoms with Gasteiger partial charge in [-0.25, -0.2) is 0 Å². The molecule has 2 amide bonds. The summed E-state index contributed by atoms with van der Waals surface area (Å²) < 4.78 is 6.34. The normalized spacial score (nSPS) is 17.8. The van der Waals surface area contributed by atoms with E-state index in [0.29, 0.717) is 18.4 Å². The van der Waals surface area contributed by atoms with Gasteiger partial charge in [0.25, 0.3) is 5.91 Å². The maximum absolute atomic E-state index is 11.8. The summed E-state index contributed by atoms with van der Waals surface area (Å²) in [6, 6.07) is 6.90. The van der Waals surface area contributed by atoms with Crippen LogP contribution < -0.4 is 10.9 Å². The molecular weight excluding hydrogens is 324 g/mol. The van der Waals surface area contributed by atoms with Crippen LogP contribution in [0.3, 0.4) is 0 Å². The number of hydrazine groups is 1. The Balaban J connectivity index is 1.69. The van der Waals surface area contributed by atoms with Gasteiger partial charge in [0.2, 0.25) is 5.91 Å². The summed E-state index contributed by atoms with van der Waals surface area (Å²) in [7, 11) is 0. The van der Waals surface area contributed by atoms with E-state index in [2.05, 4.69) is 26.8 Å². The Morgan fingerprint density at radius 1 is 1.25 bits per heavy atom. The molecule has 1 aliphatic rings. The van der Waals surface area contributed by atoms with Crippen LogP contribution in [0.2, 0.25) is 0 Å². The monoisotopic (exact) mass is 340 g/mol. The minimum absolute atomic E-state index is 0.183. The van der Waals surface area contributed by atoms with Gasteiger partial charge in [0.05, 0.1) is 6.10 Å². The standard InChI is InChI=1S/C14H17BrN2O3/c15-11-5-3-10(4-6-11)14(19)17-16-13(18)8-7-12-2-1-9-20-12/h3-6,12H,1-2,7-9H2,(H,16,18)(H,17,19). The molecule has 1 unspecified atom stereocenters. The number of hydrogen-bond donors (Lipinski definition) is 2. The van der Waals surface area contributed by atoms with Gasteiger partial charge in [-0.1, -0.05) is 15.9 Å². The van der Waals surface area contributed by atoms with Crippen LogP contribution in [0.15, 0.2) is 28.7 Å². The molecule has 0 aromatic heterocycles. The number of hydrogen-bond acceptors (Lipinski definition) is 3. The molecule has 1 aliphatic heterocycles. The highest BCUT2D eigenvalue weighted by molar-refractivity contribution is 9.10. The first-order valence-corrected chi connectivity index (χ1v) is 7.41. The molecule has 6 heteroatoms. The van der Waals surface area contributed by atoms with Crippen molar-refractivity contribution in [3.63, 3.8) is 0 Å². The molecule has 0 spiro atoms. The third-order valence-corrected chi connectivity index (χ3v) is 3.67. The summed E-state index contributed by atoms with van der Waals surface area (Å²) in [6.07, 6.45) is 3.30. The van der Waals surface area contributed by atoms with Crippen molar-refractivity contribution in [3.05, 3.63) is 34.3 Å². The molecule has 0 aliphatic carbocycles. The molecule has 2 rings (SSSR count). The van der Waals surface area contributed by atoms with E-state index in [1.807, 2.05) is 0 Å². The van der Waals surface area contributed by atoms with Gasteiger partial charge in [-0.15, -0.1) is 0 Å². The van der Waals surface area contributed by atoms with Crippen LogP contribution in [-0.4, -0.2) is 24.5 Å². The van der Waals surface area contributed by atoms with Gasteiger partial charge >= 0.3 is 0 Å². The zero-order valence-electron chi connectivity index (χ0n) is 11.0. The number of carbonyl (C=O) groups excluding carboxylic acids is 2. The molecule has 0 bridgehead atoms. The Hall–Kier alpha value is -1.40. The summed E-state index contributed by atoms with van der Waals surface area (Å²) in [5.74, 6) is -0.533. The summed E-state index contributed by atoms with van der Waals surface area (Å²) in [6.45, 7) is 0.784. The molecule has 1 fully saturated rings. The van der Waals surface area contributed by atoms with Crippen LogP contribution in [-0.2, 0) is 9.53 Å². The Morgan fingerprint density at radius 2 is 2.00 bits per heavy atom. The first-order valence-electron chi connectivity index (χ1n) is 6.61. The second kappa shape index (κ2) is 7.40. The molecule has 2 N–H and O–H groups in total. The number of carbonyl (C=O) groups is 2. The SMILES string of the molecule is O=C(CCC1CCCO1)NNC(=O)c1ccc(Br)cc1. The summed E-state index contributed by atoms with van der Waals surface area (Å²) in [4.78, 5) is 23.4. The number of ether oxygens (including phenoxy) is 1. The van der Waals surface area contributed by atoms with E-state index in [1.54, 1.807) is 24.3 Å². The fourth-order valence-corrected chi connectivity index (χ4v) is 2.29. The highest BCUT2D eigenvalue weighted by Gasteiger charge is 2.16. The molecule has 0 saturated carbocycles. The lowest BCUT2D eigenvalue weighted by Crippen LogP contribution is -2.41. The van der Waals surface area contributed by atoms with E-state index in [-0.39, 0.29) is 17.9 Å². The largest absolute Gasteiger partial charge is 0.378 e. The van der Waals surface area contributed by atoms with Crippen LogP contribution >= 0.6 is 15.9 Å². The van der Waals surface area contributed by atoms with Gasteiger partial charge in [-0.3, -0.25) is 20.4 Å². The van der Waals surface area contributed by atoms with Crippen molar-refractivity contribution in [1.29, 1.82) is 0 Å². The Bertz CT molecular complexity index is 470. The molecule has 1 heterocycles. The average molecular weight is 341 g/mol. The first kappa shape index (κ1) is 15.0. The fraction of sp³-hybridized carbons (Fsp3) is 0.429. The van der Waals surface area contributed by atoms with Crippen molar-refractivity contribution in [3.8, 4) is 0 Å². The molecular formula is C14H17BrN2O3. The number of benzene rings is 1. The lowest BCUT2D eigenvalue weighted by molar-refractivity contribution is -0.122. The van der Waals surface area contributed by atoms with Gasteiger partial charge in [-0.2, -0.15) is 0 Å².